The normalized spacial score (nSPS) is 17.7. The average molecular weight is 395 g/mol. The summed E-state index contributed by atoms with van der Waals surface area (Å²) in [4.78, 5) is 29.4. The molecular weight excluding hydrogens is 364 g/mol. The maximum absolute atomic E-state index is 13.3. The maximum atomic E-state index is 13.3. The van der Waals surface area contributed by atoms with Crippen LogP contribution < -0.4 is 0 Å². The maximum Gasteiger partial charge on any atom is 0.410 e. The van der Waals surface area contributed by atoms with Gasteiger partial charge in [-0.25, -0.2) is 4.79 Å². The van der Waals surface area contributed by atoms with Crippen LogP contribution in [0.5, 0.6) is 0 Å². The molecule has 0 spiro atoms. The summed E-state index contributed by atoms with van der Waals surface area (Å²) in [6.07, 6.45) is 2.09. The summed E-state index contributed by atoms with van der Waals surface area (Å²) >= 11 is 5.96. The standard InChI is InChI=1S/C21H31ClN2O3/c1-15(2)24(14-16-9-11-17(22)12-10-16)19(25)18-8-6-7-13-23(18)20(26)27-21(3,4)5/h9-12,15,18H,6-8,13-14H2,1-5H3. The van der Waals surface area contributed by atoms with E-state index >= 15 is 0 Å². The van der Waals surface area contributed by atoms with Crippen molar-refractivity contribution < 1.29 is 14.3 Å². The van der Waals surface area contributed by atoms with Crippen molar-refractivity contribution in [1.29, 1.82) is 0 Å². The number of ether oxygens (including phenoxy) is 1. The van der Waals surface area contributed by atoms with E-state index in [-0.39, 0.29) is 11.9 Å². The molecule has 0 bridgehead atoms. The van der Waals surface area contributed by atoms with E-state index in [2.05, 4.69) is 0 Å². The van der Waals surface area contributed by atoms with Crippen LogP contribution in [0.1, 0.15) is 59.4 Å². The number of carbonyl (C=O) groups is 2. The molecule has 6 heteroatoms. The zero-order valence-corrected chi connectivity index (χ0v) is 17.8. The minimum atomic E-state index is -0.580. The largest absolute Gasteiger partial charge is 0.444 e. The lowest BCUT2D eigenvalue weighted by molar-refractivity contribution is -0.140. The van der Waals surface area contributed by atoms with Gasteiger partial charge in [0.25, 0.3) is 0 Å². The average Bonchev–Trinajstić information content (AvgIpc) is 2.59. The van der Waals surface area contributed by atoms with E-state index in [1.54, 1.807) is 4.90 Å². The van der Waals surface area contributed by atoms with Crippen LogP contribution in [0.15, 0.2) is 24.3 Å². The second-order valence-electron chi connectivity index (χ2n) is 8.37. The molecule has 0 radical (unpaired) electrons. The summed E-state index contributed by atoms with van der Waals surface area (Å²) in [6.45, 7) is 10.6. The van der Waals surface area contributed by atoms with Gasteiger partial charge >= 0.3 is 6.09 Å². The van der Waals surface area contributed by atoms with Crippen LogP contribution in [0, 0.1) is 0 Å². The predicted octanol–water partition coefficient (Wildman–Crippen LogP) is 4.87. The molecule has 0 saturated carbocycles. The lowest BCUT2D eigenvalue weighted by Gasteiger charge is -2.39. The number of amides is 2. The van der Waals surface area contributed by atoms with E-state index in [1.165, 1.54) is 0 Å². The highest BCUT2D eigenvalue weighted by atomic mass is 35.5. The van der Waals surface area contributed by atoms with Crippen LogP contribution >= 0.6 is 11.6 Å². The number of hydrogen-bond acceptors (Lipinski definition) is 3. The molecule has 1 unspecified atom stereocenters. The van der Waals surface area contributed by atoms with Crippen molar-refractivity contribution in [3.05, 3.63) is 34.9 Å². The van der Waals surface area contributed by atoms with Crippen molar-refractivity contribution >= 4 is 23.6 Å². The number of hydrogen-bond donors (Lipinski definition) is 0. The molecule has 27 heavy (non-hydrogen) atoms. The second-order valence-corrected chi connectivity index (χ2v) is 8.81. The highest BCUT2D eigenvalue weighted by Gasteiger charge is 2.37. The molecule has 0 aromatic heterocycles. The van der Waals surface area contributed by atoms with Crippen molar-refractivity contribution in [3.63, 3.8) is 0 Å². The van der Waals surface area contributed by atoms with Gasteiger partial charge in [0.2, 0.25) is 5.91 Å². The zero-order valence-electron chi connectivity index (χ0n) is 17.0. The molecule has 0 N–H and O–H groups in total. The summed E-state index contributed by atoms with van der Waals surface area (Å²) in [7, 11) is 0. The van der Waals surface area contributed by atoms with Gasteiger partial charge in [0.05, 0.1) is 0 Å². The van der Waals surface area contributed by atoms with Crippen molar-refractivity contribution in [2.24, 2.45) is 0 Å². The van der Waals surface area contributed by atoms with Crippen molar-refractivity contribution in [2.75, 3.05) is 6.54 Å². The fraction of sp³-hybridized carbons (Fsp3) is 0.619. The monoisotopic (exact) mass is 394 g/mol. The molecule has 0 aliphatic carbocycles. The summed E-state index contributed by atoms with van der Waals surface area (Å²) in [5.74, 6) is -0.0227. The Labute approximate surface area is 167 Å². The number of carbonyl (C=O) groups excluding carboxylic acids is 2. The number of nitrogens with zero attached hydrogens (tertiary/aromatic N) is 2. The molecule has 1 aliphatic rings. The molecule has 2 amide bonds. The smallest absolute Gasteiger partial charge is 0.410 e. The quantitative estimate of drug-likeness (QED) is 0.732. The highest BCUT2D eigenvalue weighted by molar-refractivity contribution is 6.30. The first-order chi connectivity index (χ1) is 12.6. The summed E-state index contributed by atoms with van der Waals surface area (Å²) in [5.41, 5.74) is 0.435. The predicted molar refractivity (Wildman–Crippen MR) is 108 cm³/mol. The number of likely N-dealkylation sites (tertiary alicyclic amines) is 1. The minimum absolute atomic E-state index is 0.0227. The minimum Gasteiger partial charge on any atom is -0.444 e. The SMILES string of the molecule is CC(C)N(Cc1ccc(Cl)cc1)C(=O)C1CCCCN1C(=O)OC(C)(C)C. The van der Waals surface area contributed by atoms with E-state index in [0.717, 1.165) is 18.4 Å². The van der Waals surface area contributed by atoms with E-state index in [0.29, 0.717) is 24.5 Å². The van der Waals surface area contributed by atoms with Gasteiger partial charge in [-0.3, -0.25) is 9.69 Å². The first-order valence-electron chi connectivity index (χ1n) is 9.63. The van der Waals surface area contributed by atoms with Crippen molar-refractivity contribution in [3.8, 4) is 0 Å². The lowest BCUT2D eigenvalue weighted by Crippen LogP contribution is -2.55. The van der Waals surface area contributed by atoms with E-state index in [1.807, 2.05) is 63.8 Å². The van der Waals surface area contributed by atoms with E-state index < -0.39 is 17.7 Å². The third-order valence-corrected chi connectivity index (χ3v) is 4.84. The first-order valence-corrected chi connectivity index (χ1v) is 10.0. The molecule has 1 aromatic rings. The Bertz CT molecular complexity index is 652. The molecule has 1 fully saturated rings. The molecule has 5 nitrogen and oxygen atoms in total. The summed E-state index contributed by atoms with van der Waals surface area (Å²) < 4.78 is 5.53. The topological polar surface area (TPSA) is 49.9 Å². The second kappa shape index (κ2) is 8.96. The van der Waals surface area contributed by atoms with Gasteiger partial charge in [-0.2, -0.15) is 0 Å². The van der Waals surface area contributed by atoms with Crippen LogP contribution in [-0.4, -0.2) is 46.0 Å². The van der Waals surface area contributed by atoms with Crippen molar-refractivity contribution in [2.45, 2.75) is 78.1 Å². The Hall–Kier alpha value is -1.75. The molecule has 1 heterocycles. The van der Waals surface area contributed by atoms with Crippen LogP contribution in [0.25, 0.3) is 0 Å². The highest BCUT2D eigenvalue weighted by Crippen LogP contribution is 2.24. The van der Waals surface area contributed by atoms with Gasteiger partial charge in [-0.05, 0) is 71.6 Å². The van der Waals surface area contributed by atoms with Gasteiger partial charge in [0.15, 0.2) is 0 Å². The molecule has 150 valence electrons. The number of halogens is 1. The fourth-order valence-corrected chi connectivity index (χ4v) is 3.35. The van der Waals surface area contributed by atoms with Gasteiger partial charge in [-0.15, -0.1) is 0 Å². The third-order valence-electron chi connectivity index (χ3n) is 4.59. The Morgan fingerprint density at radius 1 is 1.22 bits per heavy atom. The van der Waals surface area contributed by atoms with Crippen molar-refractivity contribution in [1.82, 2.24) is 9.80 Å². The van der Waals surface area contributed by atoms with E-state index in [4.69, 9.17) is 16.3 Å². The van der Waals surface area contributed by atoms with Crippen LogP contribution in [-0.2, 0) is 16.1 Å². The molecule has 1 atom stereocenters. The summed E-state index contributed by atoms with van der Waals surface area (Å²) in [5, 5.41) is 0.671. The number of rotatable bonds is 4. The Balaban J connectivity index is 2.18. The van der Waals surface area contributed by atoms with Gasteiger partial charge in [-0.1, -0.05) is 23.7 Å². The number of piperidine rings is 1. The van der Waals surface area contributed by atoms with Crippen LogP contribution in [0.4, 0.5) is 4.79 Å². The third kappa shape index (κ3) is 6.13. The Kier molecular flexibility index (Phi) is 7.15. The van der Waals surface area contributed by atoms with E-state index in [9.17, 15) is 9.59 Å². The molecule has 1 aromatic carbocycles. The van der Waals surface area contributed by atoms with Gasteiger partial charge in [0.1, 0.15) is 11.6 Å². The molecule has 1 aliphatic heterocycles. The molecule has 1 saturated heterocycles. The van der Waals surface area contributed by atoms with Gasteiger partial charge < -0.3 is 9.64 Å². The van der Waals surface area contributed by atoms with Crippen LogP contribution in [0.2, 0.25) is 5.02 Å². The Morgan fingerprint density at radius 2 is 1.85 bits per heavy atom. The Morgan fingerprint density at radius 3 is 2.41 bits per heavy atom. The molecular formula is C21H31ClN2O3. The zero-order chi connectivity index (χ0) is 20.2. The van der Waals surface area contributed by atoms with Crippen LogP contribution in [0.3, 0.4) is 0 Å². The summed E-state index contributed by atoms with van der Waals surface area (Å²) in [6, 6.07) is 7.06. The van der Waals surface area contributed by atoms with Gasteiger partial charge in [0, 0.05) is 24.2 Å². The molecule has 2 rings (SSSR count). The number of benzene rings is 1. The lowest BCUT2D eigenvalue weighted by atomic mass is 10.0. The fourth-order valence-electron chi connectivity index (χ4n) is 3.22. The first kappa shape index (κ1) is 21.5.